The lowest BCUT2D eigenvalue weighted by Crippen LogP contribution is -2.45. The summed E-state index contributed by atoms with van der Waals surface area (Å²) in [6.07, 6.45) is 0.692. The van der Waals surface area contributed by atoms with Crippen LogP contribution in [0.5, 0.6) is 0 Å². The van der Waals surface area contributed by atoms with Crippen molar-refractivity contribution in [2.45, 2.75) is 19.4 Å². The molecule has 1 aromatic heterocycles. The minimum absolute atomic E-state index is 0.0780. The molecule has 0 aliphatic heterocycles. The smallest absolute Gasteiger partial charge is 0.349 e. The molecule has 1 heterocycles. The molecule has 2 aromatic carbocycles. The molecular weight excluding hydrogens is 376 g/mol. The molecule has 0 radical (unpaired) electrons. The Balaban J connectivity index is 1.94. The number of imide groups is 1. The average Bonchev–Trinajstić information content (AvgIpc) is 2.67. The van der Waals surface area contributed by atoms with Gasteiger partial charge < -0.3 is 10.2 Å². The molecule has 28 heavy (non-hydrogen) atoms. The van der Waals surface area contributed by atoms with Crippen molar-refractivity contribution in [2.75, 3.05) is 5.75 Å². The molecular formula is C21H20N2O4S. The highest BCUT2D eigenvalue weighted by atomic mass is 32.1. The van der Waals surface area contributed by atoms with Crippen LogP contribution in [0.2, 0.25) is 0 Å². The third-order valence-electron chi connectivity index (χ3n) is 4.48. The van der Waals surface area contributed by atoms with Crippen LogP contribution in [-0.2, 0) is 11.2 Å². The molecule has 0 aliphatic carbocycles. The van der Waals surface area contributed by atoms with Gasteiger partial charge in [0.25, 0.3) is 5.91 Å². The molecule has 0 unspecified atom stereocenters. The second-order valence-electron chi connectivity index (χ2n) is 6.49. The summed E-state index contributed by atoms with van der Waals surface area (Å²) >= 11 is 3.92. The topological polar surface area (TPSA) is 102 Å². The van der Waals surface area contributed by atoms with E-state index in [-0.39, 0.29) is 11.3 Å². The third kappa shape index (κ3) is 4.16. The first-order valence-electron chi connectivity index (χ1n) is 8.72. The van der Waals surface area contributed by atoms with Crippen LogP contribution >= 0.6 is 12.6 Å². The van der Waals surface area contributed by atoms with E-state index in [0.29, 0.717) is 23.0 Å². The predicted molar refractivity (Wildman–Crippen MR) is 111 cm³/mol. The molecule has 7 heteroatoms. The highest BCUT2D eigenvalue weighted by Crippen LogP contribution is 2.22. The highest BCUT2D eigenvalue weighted by Gasteiger charge is 2.22. The lowest BCUT2D eigenvalue weighted by Gasteiger charge is -2.11. The number of carbonyl (C=O) groups excluding carboxylic acids is 2. The number of fused-ring (bicyclic) bond motifs is 1. The maximum Gasteiger partial charge on any atom is 0.349 e. The first-order valence-corrected chi connectivity index (χ1v) is 9.36. The molecule has 144 valence electrons. The summed E-state index contributed by atoms with van der Waals surface area (Å²) in [6.45, 7) is 1.65. The molecule has 3 aromatic rings. The van der Waals surface area contributed by atoms with E-state index in [0.717, 1.165) is 11.1 Å². The quantitative estimate of drug-likeness (QED) is 0.453. The Hall–Kier alpha value is -2.90. The van der Waals surface area contributed by atoms with Gasteiger partial charge in [-0.25, -0.2) is 4.79 Å². The molecule has 6 nitrogen and oxygen atoms in total. The van der Waals surface area contributed by atoms with Crippen molar-refractivity contribution < 1.29 is 14.0 Å². The zero-order valence-corrected chi connectivity index (χ0v) is 16.2. The lowest BCUT2D eigenvalue weighted by molar-refractivity contribution is -0.120. The number of carbonyl (C=O) groups is 2. The number of hydrogen-bond acceptors (Lipinski definition) is 6. The van der Waals surface area contributed by atoms with E-state index in [2.05, 4.69) is 17.9 Å². The summed E-state index contributed by atoms with van der Waals surface area (Å²) < 4.78 is 5.37. The van der Waals surface area contributed by atoms with E-state index in [1.165, 1.54) is 0 Å². The summed E-state index contributed by atoms with van der Waals surface area (Å²) in [5.41, 5.74) is 7.50. The van der Waals surface area contributed by atoms with Crippen LogP contribution < -0.4 is 16.7 Å². The fourth-order valence-corrected chi connectivity index (χ4v) is 3.12. The number of nitrogens with one attached hydrogen (secondary N) is 1. The van der Waals surface area contributed by atoms with Gasteiger partial charge in [0.15, 0.2) is 0 Å². The lowest BCUT2D eigenvalue weighted by atomic mass is 10.0. The maximum atomic E-state index is 12.4. The second-order valence-corrected chi connectivity index (χ2v) is 6.85. The Morgan fingerprint density at radius 2 is 1.86 bits per heavy atom. The number of thiol groups is 1. The van der Waals surface area contributed by atoms with E-state index < -0.39 is 23.5 Å². The number of aryl methyl sites for hydroxylation is 1. The number of hydrogen-bond donors (Lipinski definition) is 3. The van der Waals surface area contributed by atoms with Gasteiger partial charge in [-0.05, 0) is 36.1 Å². The van der Waals surface area contributed by atoms with Gasteiger partial charge in [-0.3, -0.25) is 14.9 Å². The van der Waals surface area contributed by atoms with E-state index in [1.807, 2.05) is 42.5 Å². The van der Waals surface area contributed by atoms with Gasteiger partial charge in [-0.15, -0.1) is 0 Å². The normalized spacial score (nSPS) is 12.0. The van der Waals surface area contributed by atoms with Crippen LogP contribution in [-0.4, -0.2) is 23.6 Å². The van der Waals surface area contributed by atoms with Gasteiger partial charge in [-0.2, -0.15) is 12.6 Å². The summed E-state index contributed by atoms with van der Waals surface area (Å²) in [7, 11) is 0. The highest BCUT2D eigenvalue weighted by molar-refractivity contribution is 7.80. The fraction of sp³-hybridized carbons (Fsp3) is 0.190. The van der Waals surface area contributed by atoms with Gasteiger partial charge in [-0.1, -0.05) is 42.5 Å². The Morgan fingerprint density at radius 3 is 2.54 bits per heavy atom. The predicted octanol–water partition coefficient (Wildman–Crippen LogP) is 2.21. The van der Waals surface area contributed by atoms with Gasteiger partial charge in [0.1, 0.15) is 11.1 Å². The molecule has 0 saturated carbocycles. The van der Waals surface area contributed by atoms with Crippen LogP contribution in [0.4, 0.5) is 0 Å². The monoisotopic (exact) mass is 396 g/mol. The molecule has 3 rings (SSSR count). The standard InChI is InChI=1S/C21H20N2O4S/c1-12-15-8-7-14(9-13-5-3-2-4-6-13)10-17(15)27-21(26)18(12)20(25)23-19(24)16(22)11-28/h2-8,10,16,28H,9,11,22H2,1H3,(H,23,24,25)/t16-/m0/s1. The molecule has 0 bridgehead atoms. The minimum atomic E-state index is -0.944. The average molecular weight is 396 g/mol. The van der Waals surface area contributed by atoms with E-state index in [1.54, 1.807) is 13.0 Å². The van der Waals surface area contributed by atoms with Gasteiger partial charge in [0.2, 0.25) is 5.91 Å². The van der Waals surface area contributed by atoms with Crippen LogP contribution in [0.1, 0.15) is 27.0 Å². The van der Waals surface area contributed by atoms with Crippen LogP contribution in [0.25, 0.3) is 11.0 Å². The zero-order valence-electron chi connectivity index (χ0n) is 15.3. The van der Waals surface area contributed by atoms with E-state index in [9.17, 15) is 14.4 Å². The first-order chi connectivity index (χ1) is 13.4. The van der Waals surface area contributed by atoms with Gasteiger partial charge >= 0.3 is 5.63 Å². The van der Waals surface area contributed by atoms with E-state index in [4.69, 9.17) is 10.2 Å². The van der Waals surface area contributed by atoms with Crippen LogP contribution in [0.3, 0.4) is 0 Å². The van der Waals surface area contributed by atoms with Gasteiger partial charge in [0, 0.05) is 11.1 Å². The molecule has 0 aliphatic rings. The van der Waals surface area contributed by atoms with Crippen molar-refractivity contribution in [2.24, 2.45) is 5.73 Å². The minimum Gasteiger partial charge on any atom is -0.422 e. The van der Waals surface area contributed by atoms with Gasteiger partial charge in [0.05, 0.1) is 6.04 Å². The van der Waals surface area contributed by atoms with Crippen molar-refractivity contribution in [3.8, 4) is 0 Å². The SMILES string of the molecule is Cc1c(C(=O)NC(=O)[C@@H](N)CS)c(=O)oc2cc(Cc3ccccc3)ccc12. The maximum absolute atomic E-state index is 12.4. The third-order valence-corrected chi connectivity index (χ3v) is 4.87. The van der Waals surface area contributed by atoms with Crippen molar-refractivity contribution in [3.63, 3.8) is 0 Å². The number of amides is 2. The zero-order chi connectivity index (χ0) is 20.3. The number of nitrogens with two attached hydrogens (primary N) is 1. The summed E-state index contributed by atoms with van der Waals surface area (Å²) in [4.78, 5) is 36.6. The van der Waals surface area contributed by atoms with Crippen LogP contribution in [0, 0.1) is 6.92 Å². The van der Waals surface area contributed by atoms with Crippen molar-refractivity contribution in [1.82, 2.24) is 5.32 Å². The molecule has 1 atom stereocenters. The molecule has 0 spiro atoms. The number of rotatable bonds is 5. The Bertz CT molecular complexity index is 1090. The number of benzene rings is 2. The summed E-state index contributed by atoms with van der Waals surface area (Å²) in [5.74, 6) is -1.45. The Morgan fingerprint density at radius 1 is 1.14 bits per heavy atom. The fourth-order valence-electron chi connectivity index (χ4n) is 2.95. The summed E-state index contributed by atoms with van der Waals surface area (Å²) in [5, 5.41) is 2.76. The molecule has 0 saturated heterocycles. The van der Waals surface area contributed by atoms with E-state index >= 15 is 0 Å². The Kier molecular flexibility index (Phi) is 5.96. The summed E-state index contributed by atoms with van der Waals surface area (Å²) in [6, 6.07) is 14.5. The van der Waals surface area contributed by atoms with Crippen molar-refractivity contribution >= 4 is 35.4 Å². The molecule has 0 fully saturated rings. The first kappa shape index (κ1) is 19.9. The van der Waals surface area contributed by atoms with Crippen LogP contribution in [0.15, 0.2) is 57.7 Å². The Labute approximate surface area is 167 Å². The molecule has 2 amide bonds. The van der Waals surface area contributed by atoms with Crippen molar-refractivity contribution in [3.05, 3.63) is 81.2 Å². The largest absolute Gasteiger partial charge is 0.422 e. The van der Waals surface area contributed by atoms with Crippen molar-refractivity contribution in [1.29, 1.82) is 0 Å². The molecule has 3 N–H and O–H groups in total. The second kappa shape index (κ2) is 8.41.